The standard InChI is InChI=1S/C15H14N2O6S/c1-23-15(20)11-6-3-7-12(13(11)16)17-24(21,22)10-5-2-4-9(8-10)14(18)19/h2-8,17H,16H2,1H3,(H,18,19). The first-order chi connectivity index (χ1) is 11.3. The molecule has 126 valence electrons. The number of methoxy groups -OCH3 is 1. The maximum absolute atomic E-state index is 12.4. The molecule has 8 nitrogen and oxygen atoms in total. The van der Waals surface area contributed by atoms with Gasteiger partial charge in [-0.15, -0.1) is 0 Å². The van der Waals surface area contributed by atoms with E-state index in [-0.39, 0.29) is 27.4 Å². The third-order valence-corrected chi connectivity index (χ3v) is 4.51. The third kappa shape index (κ3) is 3.46. The number of hydrogen-bond acceptors (Lipinski definition) is 6. The SMILES string of the molecule is COC(=O)c1cccc(NS(=O)(=O)c2cccc(C(=O)O)c2)c1N. The summed E-state index contributed by atoms with van der Waals surface area (Å²) < 4.78 is 31.6. The Morgan fingerprint density at radius 3 is 2.46 bits per heavy atom. The molecule has 2 aromatic carbocycles. The van der Waals surface area contributed by atoms with E-state index in [1.165, 1.54) is 43.5 Å². The van der Waals surface area contributed by atoms with Crippen LogP contribution in [-0.4, -0.2) is 32.6 Å². The molecular weight excluding hydrogens is 336 g/mol. The average molecular weight is 350 g/mol. The zero-order valence-corrected chi connectivity index (χ0v) is 13.3. The number of esters is 1. The van der Waals surface area contributed by atoms with E-state index in [2.05, 4.69) is 9.46 Å². The van der Waals surface area contributed by atoms with Crippen LogP contribution in [0.25, 0.3) is 0 Å². The van der Waals surface area contributed by atoms with Gasteiger partial charge in [-0.05, 0) is 30.3 Å². The highest BCUT2D eigenvalue weighted by molar-refractivity contribution is 7.92. The number of hydrogen-bond donors (Lipinski definition) is 3. The molecule has 0 aliphatic rings. The number of nitrogens with two attached hydrogens (primary N) is 1. The van der Waals surface area contributed by atoms with Crippen molar-refractivity contribution in [2.75, 3.05) is 17.6 Å². The summed E-state index contributed by atoms with van der Waals surface area (Å²) in [5, 5.41) is 8.95. The minimum atomic E-state index is -4.09. The predicted molar refractivity (Wildman–Crippen MR) is 86.4 cm³/mol. The Balaban J connectivity index is 2.42. The fraction of sp³-hybridized carbons (Fsp3) is 0.0667. The van der Waals surface area contributed by atoms with Crippen molar-refractivity contribution in [2.45, 2.75) is 4.90 Å². The molecule has 0 aliphatic heterocycles. The first-order valence-electron chi connectivity index (χ1n) is 6.59. The van der Waals surface area contributed by atoms with Crippen LogP contribution >= 0.6 is 0 Å². The van der Waals surface area contributed by atoms with Gasteiger partial charge in [-0.3, -0.25) is 4.72 Å². The molecule has 2 rings (SSSR count). The number of benzene rings is 2. The molecule has 2 aromatic rings. The van der Waals surface area contributed by atoms with Gasteiger partial charge in [0.2, 0.25) is 0 Å². The zero-order chi connectivity index (χ0) is 17.9. The monoisotopic (exact) mass is 350 g/mol. The van der Waals surface area contributed by atoms with E-state index >= 15 is 0 Å². The van der Waals surface area contributed by atoms with Crippen LogP contribution < -0.4 is 10.5 Å². The van der Waals surface area contributed by atoms with Gasteiger partial charge in [0, 0.05) is 0 Å². The van der Waals surface area contributed by atoms with Gasteiger partial charge in [-0.2, -0.15) is 0 Å². The van der Waals surface area contributed by atoms with Gasteiger partial charge in [0.05, 0.1) is 34.5 Å². The van der Waals surface area contributed by atoms with Crippen LogP contribution in [0.15, 0.2) is 47.4 Å². The lowest BCUT2D eigenvalue weighted by Crippen LogP contribution is -2.16. The number of para-hydroxylation sites is 1. The number of carboxylic acids is 1. The van der Waals surface area contributed by atoms with Gasteiger partial charge in [-0.1, -0.05) is 12.1 Å². The van der Waals surface area contributed by atoms with Crippen molar-refractivity contribution in [2.24, 2.45) is 0 Å². The maximum atomic E-state index is 12.4. The Morgan fingerprint density at radius 1 is 1.17 bits per heavy atom. The van der Waals surface area contributed by atoms with Crippen LogP contribution in [0.2, 0.25) is 0 Å². The normalized spacial score (nSPS) is 10.9. The highest BCUT2D eigenvalue weighted by Crippen LogP contribution is 2.26. The van der Waals surface area contributed by atoms with Crippen molar-refractivity contribution < 1.29 is 27.9 Å². The Labute approximate surface area is 137 Å². The number of anilines is 2. The summed E-state index contributed by atoms with van der Waals surface area (Å²) in [6.45, 7) is 0. The van der Waals surface area contributed by atoms with Crippen molar-refractivity contribution in [3.63, 3.8) is 0 Å². The minimum absolute atomic E-state index is 0.0111. The second-order valence-electron chi connectivity index (χ2n) is 4.70. The Bertz CT molecular complexity index is 908. The number of nitrogen functional groups attached to an aromatic ring is 1. The van der Waals surface area contributed by atoms with Crippen molar-refractivity contribution in [3.8, 4) is 0 Å². The first kappa shape index (κ1) is 17.3. The van der Waals surface area contributed by atoms with E-state index in [1.807, 2.05) is 0 Å². The minimum Gasteiger partial charge on any atom is -0.478 e. The molecule has 0 heterocycles. The number of carboxylic acid groups (broad SMARTS) is 1. The van der Waals surface area contributed by atoms with Gasteiger partial charge in [-0.25, -0.2) is 18.0 Å². The van der Waals surface area contributed by atoms with Crippen LogP contribution in [-0.2, 0) is 14.8 Å². The lowest BCUT2D eigenvalue weighted by Gasteiger charge is -2.12. The molecule has 0 fully saturated rings. The molecule has 0 saturated carbocycles. The van der Waals surface area contributed by atoms with Crippen LogP contribution in [0.1, 0.15) is 20.7 Å². The fourth-order valence-electron chi connectivity index (χ4n) is 1.94. The molecule has 0 bridgehead atoms. The third-order valence-electron chi connectivity index (χ3n) is 3.15. The highest BCUT2D eigenvalue weighted by atomic mass is 32.2. The van der Waals surface area contributed by atoms with Crippen molar-refractivity contribution in [1.82, 2.24) is 0 Å². The Kier molecular flexibility index (Phi) is 4.74. The van der Waals surface area contributed by atoms with Gasteiger partial charge >= 0.3 is 11.9 Å². The topological polar surface area (TPSA) is 136 Å². The first-order valence-corrected chi connectivity index (χ1v) is 8.07. The van der Waals surface area contributed by atoms with Crippen LogP contribution in [0.3, 0.4) is 0 Å². The Hall–Kier alpha value is -3.07. The lowest BCUT2D eigenvalue weighted by atomic mass is 10.1. The van der Waals surface area contributed by atoms with E-state index in [0.29, 0.717) is 0 Å². The number of sulfonamides is 1. The molecule has 9 heteroatoms. The number of carbonyl (C=O) groups is 2. The fourth-order valence-corrected chi connectivity index (χ4v) is 3.07. The van der Waals surface area contributed by atoms with Crippen molar-refractivity contribution >= 4 is 33.3 Å². The zero-order valence-electron chi connectivity index (χ0n) is 12.5. The molecule has 0 amide bonds. The summed E-state index contributed by atoms with van der Waals surface area (Å²) in [6, 6.07) is 9.05. The summed E-state index contributed by atoms with van der Waals surface area (Å²) in [5.41, 5.74) is 5.53. The van der Waals surface area contributed by atoms with Gasteiger partial charge in [0.15, 0.2) is 0 Å². The van der Waals surface area contributed by atoms with Gasteiger partial charge in [0.25, 0.3) is 10.0 Å². The smallest absolute Gasteiger partial charge is 0.340 e. The molecule has 4 N–H and O–H groups in total. The van der Waals surface area contributed by atoms with Crippen molar-refractivity contribution in [1.29, 1.82) is 0 Å². The van der Waals surface area contributed by atoms with Gasteiger partial charge < -0.3 is 15.6 Å². The summed E-state index contributed by atoms with van der Waals surface area (Å²) in [7, 11) is -2.91. The van der Waals surface area contributed by atoms with E-state index < -0.39 is 22.0 Å². The molecule has 0 aromatic heterocycles. The number of rotatable bonds is 5. The number of nitrogens with one attached hydrogen (secondary N) is 1. The molecule has 0 saturated heterocycles. The van der Waals surface area contributed by atoms with E-state index in [4.69, 9.17) is 10.8 Å². The quantitative estimate of drug-likeness (QED) is 0.550. The number of ether oxygens (including phenoxy) is 1. The van der Waals surface area contributed by atoms with Crippen LogP contribution in [0.5, 0.6) is 0 Å². The maximum Gasteiger partial charge on any atom is 0.340 e. The molecular formula is C15H14N2O6S. The van der Waals surface area contributed by atoms with Crippen molar-refractivity contribution in [3.05, 3.63) is 53.6 Å². The molecule has 0 aliphatic carbocycles. The molecule has 0 atom stereocenters. The summed E-state index contributed by atoms with van der Waals surface area (Å²) >= 11 is 0. The average Bonchev–Trinajstić information content (AvgIpc) is 2.56. The summed E-state index contributed by atoms with van der Waals surface area (Å²) in [6.07, 6.45) is 0. The summed E-state index contributed by atoms with van der Waals surface area (Å²) in [4.78, 5) is 22.3. The second-order valence-corrected chi connectivity index (χ2v) is 6.38. The molecule has 0 unspecified atom stereocenters. The van der Waals surface area contributed by atoms with Crippen LogP contribution in [0, 0.1) is 0 Å². The van der Waals surface area contributed by atoms with E-state index in [9.17, 15) is 18.0 Å². The lowest BCUT2D eigenvalue weighted by molar-refractivity contribution is 0.0601. The molecule has 0 spiro atoms. The molecule has 0 radical (unpaired) electrons. The Morgan fingerprint density at radius 2 is 1.83 bits per heavy atom. The number of carbonyl (C=O) groups excluding carboxylic acids is 1. The van der Waals surface area contributed by atoms with Crippen LogP contribution in [0.4, 0.5) is 11.4 Å². The largest absolute Gasteiger partial charge is 0.478 e. The highest BCUT2D eigenvalue weighted by Gasteiger charge is 2.20. The van der Waals surface area contributed by atoms with E-state index in [0.717, 1.165) is 6.07 Å². The predicted octanol–water partition coefficient (Wildman–Crippen LogP) is 1.55. The number of aromatic carboxylic acids is 1. The van der Waals surface area contributed by atoms with E-state index in [1.54, 1.807) is 0 Å². The molecule has 24 heavy (non-hydrogen) atoms. The van der Waals surface area contributed by atoms with Gasteiger partial charge in [0.1, 0.15) is 0 Å². The summed E-state index contributed by atoms with van der Waals surface area (Å²) in [5.74, 6) is -1.96. The second kappa shape index (κ2) is 6.59.